The van der Waals surface area contributed by atoms with E-state index in [9.17, 15) is 0 Å². The number of hydrogen-bond acceptors (Lipinski definition) is 1. The normalized spacial score (nSPS) is 9.18. The summed E-state index contributed by atoms with van der Waals surface area (Å²) < 4.78 is 0. The van der Waals surface area contributed by atoms with Crippen molar-refractivity contribution in [2.24, 2.45) is 0 Å². The number of nitrogens with zero attached hydrogens (tertiary/aromatic N) is 1. The van der Waals surface area contributed by atoms with Gasteiger partial charge in [0.05, 0.1) is 10.6 Å². The number of nitriles is 1. The van der Waals surface area contributed by atoms with Crippen LogP contribution >= 0.6 is 11.6 Å². The number of benzene rings is 1. The van der Waals surface area contributed by atoms with Crippen molar-refractivity contribution in [2.45, 2.75) is 13.3 Å². The molecule has 0 aliphatic carbocycles. The second-order valence-corrected chi connectivity index (χ2v) is 2.69. The molecule has 0 aliphatic heterocycles. The van der Waals surface area contributed by atoms with Crippen LogP contribution in [-0.2, 0) is 6.42 Å². The molecular formula is C9H8ClN. The fourth-order valence-corrected chi connectivity index (χ4v) is 1.04. The summed E-state index contributed by atoms with van der Waals surface area (Å²) in [5, 5.41) is 9.14. The highest BCUT2D eigenvalue weighted by Crippen LogP contribution is 2.16. The van der Waals surface area contributed by atoms with Gasteiger partial charge in [0.1, 0.15) is 6.07 Å². The summed E-state index contributed by atoms with van der Waals surface area (Å²) in [4.78, 5) is 0. The van der Waals surface area contributed by atoms with Gasteiger partial charge in [-0.3, -0.25) is 0 Å². The third-order valence-corrected chi connectivity index (χ3v) is 1.89. The standard InChI is InChI=1S/C9H8ClN/c1-2-7-3-4-9(10)8(5-7)6-11/h3-5H,2H2,1H3. The molecule has 0 saturated heterocycles. The van der Waals surface area contributed by atoms with Gasteiger partial charge in [0, 0.05) is 0 Å². The van der Waals surface area contributed by atoms with Crippen molar-refractivity contribution in [1.29, 1.82) is 5.26 Å². The Morgan fingerprint density at radius 3 is 2.82 bits per heavy atom. The molecule has 1 nitrogen and oxygen atoms in total. The molecule has 0 amide bonds. The molecule has 0 bridgehead atoms. The predicted octanol–water partition coefficient (Wildman–Crippen LogP) is 2.77. The van der Waals surface area contributed by atoms with E-state index in [0.29, 0.717) is 10.6 Å². The van der Waals surface area contributed by atoms with E-state index in [1.54, 1.807) is 6.07 Å². The zero-order chi connectivity index (χ0) is 8.27. The molecular weight excluding hydrogens is 158 g/mol. The first kappa shape index (κ1) is 8.10. The van der Waals surface area contributed by atoms with E-state index in [4.69, 9.17) is 16.9 Å². The fraction of sp³-hybridized carbons (Fsp3) is 0.222. The Labute approximate surface area is 71.2 Å². The molecule has 2 heteroatoms. The van der Waals surface area contributed by atoms with Crippen molar-refractivity contribution in [3.05, 3.63) is 34.3 Å². The molecule has 0 aliphatic rings. The first-order valence-corrected chi connectivity index (χ1v) is 3.84. The molecule has 1 aromatic carbocycles. The van der Waals surface area contributed by atoms with Crippen LogP contribution in [0.4, 0.5) is 0 Å². The molecule has 0 aromatic heterocycles. The van der Waals surface area contributed by atoms with Gasteiger partial charge in [-0.1, -0.05) is 24.6 Å². The highest BCUT2D eigenvalue weighted by molar-refractivity contribution is 6.31. The van der Waals surface area contributed by atoms with Crippen molar-refractivity contribution in [1.82, 2.24) is 0 Å². The van der Waals surface area contributed by atoms with Crippen LogP contribution in [0.5, 0.6) is 0 Å². The van der Waals surface area contributed by atoms with Gasteiger partial charge in [-0.05, 0) is 24.1 Å². The second kappa shape index (κ2) is 3.41. The van der Waals surface area contributed by atoms with E-state index < -0.39 is 0 Å². The summed E-state index contributed by atoms with van der Waals surface area (Å²) in [6, 6.07) is 7.56. The zero-order valence-corrected chi connectivity index (χ0v) is 7.02. The first-order chi connectivity index (χ1) is 5.27. The molecule has 0 unspecified atom stereocenters. The van der Waals surface area contributed by atoms with Gasteiger partial charge in [0.25, 0.3) is 0 Å². The van der Waals surface area contributed by atoms with Crippen LogP contribution in [0.3, 0.4) is 0 Å². The maximum absolute atomic E-state index is 8.60. The monoisotopic (exact) mass is 165 g/mol. The summed E-state index contributed by atoms with van der Waals surface area (Å²) >= 11 is 5.73. The molecule has 0 heterocycles. The summed E-state index contributed by atoms with van der Waals surface area (Å²) in [5.74, 6) is 0. The minimum Gasteiger partial charge on any atom is -0.192 e. The lowest BCUT2D eigenvalue weighted by molar-refractivity contribution is 1.14. The second-order valence-electron chi connectivity index (χ2n) is 2.28. The minimum absolute atomic E-state index is 0.532. The molecule has 56 valence electrons. The van der Waals surface area contributed by atoms with Gasteiger partial charge in [-0.2, -0.15) is 5.26 Å². The predicted molar refractivity (Wildman–Crippen MR) is 45.5 cm³/mol. The summed E-state index contributed by atoms with van der Waals surface area (Å²) in [6.07, 6.45) is 0.936. The van der Waals surface area contributed by atoms with E-state index in [0.717, 1.165) is 12.0 Å². The van der Waals surface area contributed by atoms with E-state index in [1.165, 1.54) is 0 Å². The lowest BCUT2D eigenvalue weighted by Crippen LogP contribution is -1.82. The Morgan fingerprint density at radius 2 is 2.27 bits per heavy atom. The Hall–Kier alpha value is -1.00. The number of halogens is 1. The average molecular weight is 166 g/mol. The highest BCUT2D eigenvalue weighted by Gasteiger charge is 1.98. The van der Waals surface area contributed by atoms with Crippen molar-refractivity contribution in [3.8, 4) is 6.07 Å². The van der Waals surface area contributed by atoms with E-state index >= 15 is 0 Å². The topological polar surface area (TPSA) is 23.8 Å². The van der Waals surface area contributed by atoms with Crippen molar-refractivity contribution in [2.75, 3.05) is 0 Å². The van der Waals surface area contributed by atoms with Gasteiger partial charge in [-0.25, -0.2) is 0 Å². The van der Waals surface area contributed by atoms with Gasteiger partial charge in [0.15, 0.2) is 0 Å². The van der Waals surface area contributed by atoms with Crippen molar-refractivity contribution < 1.29 is 0 Å². The van der Waals surface area contributed by atoms with Crippen LogP contribution in [-0.4, -0.2) is 0 Å². The highest BCUT2D eigenvalue weighted by atomic mass is 35.5. The van der Waals surface area contributed by atoms with Crippen molar-refractivity contribution in [3.63, 3.8) is 0 Å². The van der Waals surface area contributed by atoms with Crippen LogP contribution in [0, 0.1) is 11.3 Å². The van der Waals surface area contributed by atoms with Crippen LogP contribution in [0.15, 0.2) is 18.2 Å². The Morgan fingerprint density at radius 1 is 1.55 bits per heavy atom. The van der Waals surface area contributed by atoms with Gasteiger partial charge in [-0.15, -0.1) is 0 Å². The maximum Gasteiger partial charge on any atom is 0.101 e. The molecule has 0 spiro atoms. The van der Waals surface area contributed by atoms with Gasteiger partial charge < -0.3 is 0 Å². The Bertz CT molecular complexity index is 299. The molecule has 0 saturated carbocycles. The molecule has 0 fully saturated rings. The molecule has 0 atom stereocenters. The average Bonchev–Trinajstić information content (AvgIpc) is 2.05. The van der Waals surface area contributed by atoms with E-state index in [-0.39, 0.29) is 0 Å². The quantitative estimate of drug-likeness (QED) is 0.628. The van der Waals surface area contributed by atoms with Crippen molar-refractivity contribution >= 4 is 11.6 Å². The SMILES string of the molecule is CCc1ccc(Cl)c(C#N)c1. The largest absolute Gasteiger partial charge is 0.192 e. The minimum atomic E-state index is 0.532. The lowest BCUT2D eigenvalue weighted by Gasteiger charge is -1.97. The summed E-state index contributed by atoms with van der Waals surface area (Å²) in [6.45, 7) is 2.05. The number of aryl methyl sites for hydroxylation is 1. The number of hydrogen-bond donors (Lipinski definition) is 0. The van der Waals surface area contributed by atoms with Crippen LogP contribution in [0.25, 0.3) is 0 Å². The first-order valence-electron chi connectivity index (χ1n) is 3.46. The third-order valence-electron chi connectivity index (χ3n) is 1.56. The Kier molecular flexibility index (Phi) is 2.51. The smallest absolute Gasteiger partial charge is 0.101 e. The van der Waals surface area contributed by atoms with Crippen LogP contribution < -0.4 is 0 Å². The third kappa shape index (κ3) is 1.72. The Balaban J connectivity index is 3.15. The van der Waals surface area contributed by atoms with Crippen LogP contribution in [0.2, 0.25) is 5.02 Å². The maximum atomic E-state index is 8.60. The molecule has 11 heavy (non-hydrogen) atoms. The summed E-state index contributed by atoms with van der Waals surface area (Å²) in [7, 11) is 0. The van der Waals surface area contributed by atoms with Gasteiger partial charge in [0.2, 0.25) is 0 Å². The van der Waals surface area contributed by atoms with Crippen LogP contribution in [0.1, 0.15) is 18.1 Å². The molecule has 0 radical (unpaired) electrons. The van der Waals surface area contributed by atoms with E-state index in [2.05, 4.69) is 0 Å². The fourth-order valence-electron chi connectivity index (χ4n) is 0.878. The number of rotatable bonds is 1. The zero-order valence-electron chi connectivity index (χ0n) is 6.26. The molecule has 0 N–H and O–H groups in total. The van der Waals surface area contributed by atoms with Gasteiger partial charge >= 0.3 is 0 Å². The van der Waals surface area contributed by atoms with E-state index in [1.807, 2.05) is 25.1 Å². The molecule has 1 rings (SSSR count). The lowest BCUT2D eigenvalue weighted by atomic mass is 10.1. The summed E-state index contributed by atoms with van der Waals surface area (Å²) in [5.41, 5.74) is 1.71. The molecule has 1 aromatic rings.